The van der Waals surface area contributed by atoms with Gasteiger partial charge >= 0.3 is 6.09 Å². The van der Waals surface area contributed by atoms with Gasteiger partial charge in [0.25, 0.3) is 0 Å². The SMILES string of the molecule is CCCCCC(=O)N1C(=O)OCC1C1CCCNC1. The van der Waals surface area contributed by atoms with Gasteiger partial charge in [0.1, 0.15) is 6.61 Å². The molecule has 0 bridgehead atoms. The number of hydrogen-bond acceptors (Lipinski definition) is 4. The lowest BCUT2D eigenvalue weighted by atomic mass is 9.91. The fourth-order valence-electron chi connectivity index (χ4n) is 2.92. The molecule has 2 atom stereocenters. The van der Waals surface area contributed by atoms with Crippen molar-refractivity contribution in [2.45, 2.75) is 51.5 Å². The Labute approximate surface area is 114 Å². The van der Waals surface area contributed by atoms with E-state index < -0.39 is 6.09 Å². The lowest BCUT2D eigenvalue weighted by molar-refractivity contribution is -0.130. The summed E-state index contributed by atoms with van der Waals surface area (Å²) in [6.45, 7) is 4.37. The molecule has 108 valence electrons. The lowest BCUT2D eigenvalue weighted by Gasteiger charge is -2.31. The van der Waals surface area contributed by atoms with E-state index in [4.69, 9.17) is 4.74 Å². The van der Waals surface area contributed by atoms with E-state index in [0.717, 1.165) is 45.2 Å². The van der Waals surface area contributed by atoms with Crippen LogP contribution in [0.5, 0.6) is 0 Å². The van der Waals surface area contributed by atoms with Crippen molar-refractivity contribution in [2.24, 2.45) is 5.92 Å². The molecule has 1 N–H and O–H groups in total. The van der Waals surface area contributed by atoms with E-state index in [-0.39, 0.29) is 11.9 Å². The standard InChI is InChI=1S/C14H24N2O3/c1-2-3-4-7-13(17)16-12(10-19-14(16)18)11-6-5-8-15-9-11/h11-12,15H,2-10H2,1H3. The van der Waals surface area contributed by atoms with Crippen molar-refractivity contribution in [3.05, 3.63) is 0 Å². The summed E-state index contributed by atoms with van der Waals surface area (Å²) < 4.78 is 5.10. The maximum atomic E-state index is 12.2. The molecule has 0 aromatic rings. The van der Waals surface area contributed by atoms with Gasteiger partial charge in [0.2, 0.25) is 5.91 Å². The van der Waals surface area contributed by atoms with E-state index in [1.165, 1.54) is 4.90 Å². The summed E-state index contributed by atoms with van der Waals surface area (Å²) >= 11 is 0. The minimum absolute atomic E-state index is 0.0607. The van der Waals surface area contributed by atoms with E-state index in [1.54, 1.807) is 0 Å². The molecule has 2 saturated heterocycles. The second-order valence-electron chi connectivity index (χ2n) is 5.47. The van der Waals surface area contributed by atoms with E-state index in [0.29, 0.717) is 18.9 Å². The zero-order valence-corrected chi connectivity index (χ0v) is 11.7. The average Bonchev–Trinajstić information content (AvgIpc) is 2.82. The van der Waals surface area contributed by atoms with Crippen LogP contribution in [0.2, 0.25) is 0 Å². The molecular formula is C14H24N2O3. The number of unbranched alkanes of at least 4 members (excludes halogenated alkanes) is 2. The van der Waals surface area contributed by atoms with Gasteiger partial charge in [0.15, 0.2) is 0 Å². The second-order valence-corrected chi connectivity index (χ2v) is 5.47. The van der Waals surface area contributed by atoms with Crippen molar-refractivity contribution >= 4 is 12.0 Å². The van der Waals surface area contributed by atoms with Gasteiger partial charge < -0.3 is 10.1 Å². The third kappa shape index (κ3) is 3.47. The number of piperidine rings is 1. The number of hydrogen-bond donors (Lipinski definition) is 1. The van der Waals surface area contributed by atoms with Crippen LogP contribution in [0.1, 0.15) is 45.4 Å². The van der Waals surface area contributed by atoms with E-state index in [9.17, 15) is 9.59 Å². The van der Waals surface area contributed by atoms with Crippen molar-refractivity contribution in [1.82, 2.24) is 10.2 Å². The van der Waals surface area contributed by atoms with Crippen LogP contribution in [0.3, 0.4) is 0 Å². The predicted octanol–water partition coefficient (Wildman–Crippen LogP) is 1.91. The van der Waals surface area contributed by atoms with E-state index in [1.807, 2.05) is 0 Å². The van der Waals surface area contributed by atoms with Crippen molar-refractivity contribution in [3.63, 3.8) is 0 Å². The van der Waals surface area contributed by atoms with Crippen LogP contribution in [0, 0.1) is 5.92 Å². The first-order chi connectivity index (χ1) is 9.24. The first-order valence-electron chi connectivity index (χ1n) is 7.43. The number of carbonyl (C=O) groups is 2. The summed E-state index contributed by atoms with van der Waals surface area (Å²) in [6, 6.07) is -0.0607. The fraction of sp³-hybridized carbons (Fsp3) is 0.857. The number of nitrogens with zero attached hydrogens (tertiary/aromatic N) is 1. The molecule has 2 unspecified atom stereocenters. The molecule has 0 aliphatic carbocycles. The predicted molar refractivity (Wildman–Crippen MR) is 71.7 cm³/mol. The van der Waals surface area contributed by atoms with Crippen LogP contribution in [0.15, 0.2) is 0 Å². The number of imide groups is 1. The highest BCUT2D eigenvalue weighted by atomic mass is 16.6. The quantitative estimate of drug-likeness (QED) is 0.774. The van der Waals surface area contributed by atoms with Crippen LogP contribution in [0.25, 0.3) is 0 Å². The van der Waals surface area contributed by atoms with E-state index in [2.05, 4.69) is 12.2 Å². The topological polar surface area (TPSA) is 58.6 Å². The second kappa shape index (κ2) is 6.89. The molecule has 2 rings (SSSR count). The van der Waals surface area contributed by atoms with Crippen LogP contribution in [-0.4, -0.2) is 42.6 Å². The number of nitrogens with one attached hydrogen (secondary N) is 1. The van der Waals surface area contributed by atoms with Crippen molar-refractivity contribution < 1.29 is 14.3 Å². The first kappa shape index (κ1) is 14.3. The molecule has 19 heavy (non-hydrogen) atoms. The molecule has 0 aromatic carbocycles. The molecule has 5 heteroatoms. The van der Waals surface area contributed by atoms with E-state index >= 15 is 0 Å². The minimum atomic E-state index is -0.447. The van der Waals surface area contributed by atoms with Crippen LogP contribution >= 0.6 is 0 Å². The summed E-state index contributed by atoms with van der Waals surface area (Å²) in [4.78, 5) is 25.3. The summed E-state index contributed by atoms with van der Waals surface area (Å²) in [5.74, 6) is 0.279. The molecule has 5 nitrogen and oxygen atoms in total. The average molecular weight is 268 g/mol. The molecule has 2 heterocycles. The number of ether oxygens (including phenoxy) is 1. The van der Waals surface area contributed by atoms with Crippen LogP contribution < -0.4 is 5.32 Å². The highest BCUT2D eigenvalue weighted by Crippen LogP contribution is 2.25. The Hall–Kier alpha value is -1.10. The Morgan fingerprint density at radius 3 is 3.00 bits per heavy atom. The zero-order chi connectivity index (χ0) is 13.7. The normalized spacial score (nSPS) is 27.4. The molecule has 2 aliphatic rings. The molecule has 0 saturated carbocycles. The summed E-state index contributed by atoms with van der Waals surface area (Å²) in [6.07, 6.45) is 5.14. The number of cyclic esters (lactones) is 1. The lowest BCUT2D eigenvalue weighted by Crippen LogP contribution is -2.47. The maximum absolute atomic E-state index is 12.2. The summed E-state index contributed by atoms with van der Waals surface area (Å²) in [5, 5.41) is 3.33. The Balaban J connectivity index is 1.94. The van der Waals surface area contributed by atoms with Gasteiger partial charge in [-0.05, 0) is 31.7 Å². The molecule has 0 aromatic heterocycles. The Bertz CT molecular complexity index is 327. The van der Waals surface area contributed by atoms with Gasteiger partial charge in [0, 0.05) is 13.0 Å². The molecule has 2 aliphatic heterocycles. The highest BCUT2D eigenvalue weighted by Gasteiger charge is 2.41. The zero-order valence-electron chi connectivity index (χ0n) is 11.7. The smallest absolute Gasteiger partial charge is 0.416 e. The minimum Gasteiger partial charge on any atom is -0.447 e. The monoisotopic (exact) mass is 268 g/mol. The molecular weight excluding hydrogens is 244 g/mol. The Kier molecular flexibility index (Phi) is 5.19. The van der Waals surface area contributed by atoms with Gasteiger partial charge in [-0.3, -0.25) is 4.79 Å². The highest BCUT2D eigenvalue weighted by molar-refractivity contribution is 5.93. The van der Waals surface area contributed by atoms with Gasteiger partial charge in [-0.15, -0.1) is 0 Å². The fourth-order valence-corrected chi connectivity index (χ4v) is 2.92. The summed E-state index contributed by atoms with van der Waals surface area (Å²) in [5.41, 5.74) is 0. The van der Waals surface area contributed by atoms with Crippen LogP contribution in [0.4, 0.5) is 4.79 Å². The number of carbonyl (C=O) groups excluding carboxylic acids is 2. The van der Waals surface area contributed by atoms with Crippen molar-refractivity contribution in [3.8, 4) is 0 Å². The van der Waals surface area contributed by atoms with Crippen molar-refractivity contribution in [2.75, 3.05) is 19.7 Å². The molecule has 0 radical (unpaired) electrons. The van der Waals surface area contributed by atoms with Gasteiger partial charge in [-0.1, -0.05) is 19.8 Å². The summed E-state index contributed by atoms with van der Waals surface area (Å²) in [7, 11) is 0. The van der Waals surface area contributed by atoms with Crippen molar-refractivity contribution in [1.29, 1.82) is 0 Å². The van der Waals surface area contributed by atoms with Gasteiger partial charge in [-0.25, -0.2) is 9.69 Å². The first-order valence-corrected chi connectivity index (χ1v) is 7.43. The maximum Gasteiger partial charge on any atom is 0.416 e. The third-order valence-corrected chi connectivity index (χ3v) is 4.05. The molecule has 2 amide bonds. The third-order valence-electron chi connectivity index (χ3n) is 4.05. The Morgan fingerprint density at radius 1 is 1.47 bits per heavy atom. The number of rotatable bonds is 5. The van der Waals surface area contributed by atoms with Gasteiger partial charge in [-0.2, -0.15) is 0 Å². The van der Waals surface area contributed by atoms with Crippen LogP contribution in [-0.2, 0) is 9.53 Å². The number of amides is 2. The molecule has 2 fully saturated rings. The Morgan fingerprint density at radius 2 is 2.32 bits per heavy atom. The van der Waals surface area contributed by atoms with Gasteiger partial charge in [0.05, 0.1) is 6.04 Å². The molecule has 0 spiro atoms. The largest absolute Gasteiger partial charge is 0.447 e.